The van der Waals surface area contributed by atoms with Gasteiger partial charge in [-0.05, 0) is 35.8 Å². The Morgan fingerprint density at radius 1 is 1.14 bits per heavy atom. The van der Waals surface area contributed by atoms with Crippen LogP contribution in [-0.2, 0) is 6.42 Å². The van der Waals surface area contributed by atoms with E-state index in [9.17, 15) is 0 Å². The highest BCUT2D eigenvalue weighted by Crippen LogP contribution is 2.16. The summed E-state index contributed by atoms with van der Waals surface area (Å²) in [4.78, 5) is 4.28. The monoisotopic (exact) mass is 191 g/mol. The maximum Gasteiger partial charge on any atom is 0.0302 e. The van der Waals surface area contributed by atoms with E-state index in [4.69, 9.17) is 0 Å². The van der Waals surface area contributed by atoms with Gasteiger partial charge in [0.1, 0.15) is 0 Å². The van der Waals surface area contributed by atoms with E-state index < -0.39 is 0 Å². The second-order valence-electron chi connectivity index (χ2n) is 4.71. The molecule has 0 bridgehead atoms. The third kappa shape index (κ3) is 3.49. The lowest BCUT2D eigenvalue weighted by atomic mass is 10.00. The molecule has 0 fully saturated rings. The third-order valence-electron chi connectivity index (χ3n) is 2.49. The number of hydrogen-bond acceptors (Lipinski definition) is 1. The van der Waals surface area contributed by atoms with E-state index in [1.807, 2.05) is 12.4 Å². The lowest BCUT2D eigenvalue weighted by Gasteiger charge is -2.08. The topological polar surface area (TPSA) is 12.9 Å². The van der Waals surface area contributed by atoms with Crippen LogP contribution in [0, 0.1) is 5.92 Å². The predicted octanol–water partition coefficient (Wildman–Crippen LogP) is 3.79. The zero-order valence-corrected chi connectivity index (χ0v) is 9.75. The normalized spacial score (nSPS) is 11.3. The van der Waals surface area contributed by atoms with Gasteiger partial charge in [-0.15, -0.1) is 0 Å². The summed E-state index contributed by atoms with van der Waals surface area (Å²) < 4.78 is 0. The van der Waals surface area contributed by atoms with Crippen molar-refractivity contribution in [2.45, 2.75) is 46.5 Å². The Labute approximate surface area is 87.6 Å². The van der Waals surface area contributed by atoms with E-state index in [-0.39, 0.29) is 0 Å². The fourth-order valence-electron chi connectivity index (χ4n) is 1.42. The molecule has 0 aromatic carbocycles. The van der Waals surface area contributed by atoms with Crippen LogP contribution in [0.5, 0.6) is 0 Å². The number of nitrogens with zero attached hydrogens (tertiary/aromatic N) is 1. The Morgan fingerprint density at radius 3 is 2.43 bits per heavy atom. The number of pyridine rings is 1. The Balaban J connectivity index is 2.64. The highest BCUT2D eigenvalue weighted by Gasteiger charge is 2.02. The van der Waals surface area contributed by atoms with Crippen LogP contribution in [0.4, 0.5) is 0 Å². The van der Waals surface area contributed by atoms with Gasteiger partial charge in [0.05, 0.1) is 0 Å². The second kappa shape index (κ2) is 5.14. The standard InChI is InChI=1S/C13H21N/c1-10(2)5-6-12-7-13(11(3)4)9-14-8-12/h7-11H,5-6H2,1-4H3. The Hall–Kier alpha value is -0.850. The first-order valence-electron chi connectivity index (χ1n) is 5.53. The van der Waals surface area contributed by atoms with Crippen LogP contribution in [0.2, 0.25) is 0 Å². The van der Waals surface area contributed by atoms with Crippen LogP contribution in [0.15, 0.2) is 18.5 Å². The largest absolute Gasteiger partial charge is 0.264 e. The zero-order chi connectivity index (χ0) is 10.6. The van der Waals surface area contributed by atoms with Crippen molar-refractivity contribution in [3.63, 3.8) is 0 Å². The fraction of sp³-hybridized carbons (Fsp3) is 0.615. The van der Waals surface area contributed by atoms with Gasteiger partial charge in [-0.2, -0.15) is 0 Å². The molecule has 0 saturated carbocycles. The molecule has 1 aromatic heterocycles. The number of aryl methyl sites for hydroxylation is 1. The van der Waals surface area contributed by atoms with Gasteiger partial charge >= 0.3 is 0 Å². The first-order chi connectivity index (χ1) is 6.59. The summed E-state index contributed by atoms with van der Waals surface area (Å²) in [5, 5.41) is 0. The molecule has 14 heavy (non-hydrogen) atoms. The van der Waals surface area contributed by atoms with Crippen LogP contribution in [0.3, 0.4) is 0 Å². The van der Waals surface area contributed by atoms with Gasteiger partial charge in [0, 0.05) is 12.4 Å². The Morgan fingerprint density at radius 2 is 1.86 bits per heavy atom. The van der Waals surface area contributed by atoms with Crippen molar-refractivity contribution >= 4 is 0 Å². The Bertz CT molecular complexity index is 276. The molecule has 78 valence electrons. The SMILES string of the molecule is CC(C)CCc1cncc(C(C)C)c1. The average Bonchev–Trinajstić information content (AvgIpc) is 2.15. The summed E-state index contributed by atoms with van der Waals surface area (Å²) in [5.41, 5.74) is 2.73. The zero-order valence-electron chi connectivity index (χ0n) is 9.75. The van der Waals surface area contributed by atoms with Crippen LogP contribution in [-0.4, -0.2) is 4.98 Å². The van der Waals surface area contributed by atoms with Crippen molar-refractivity contribution < 1.29 is 0 Å². The molecule has 0 atom stereocenters. The molecule has 0 spiro atoms. The summed E-state index contributed by atoms with van der Waals surface area (Å²) in [6.45, 7) is 8.95. The molecule has 0 N–H and O–H groups in total. The highest BCUT2D eigenvalue weighted by molar-refractivity contribution is 5.20. The molecule has 1 heteroatoms. The minimum Gasteiger partial charge on any atom is -0.264 e. The molecule has 1 aromatic rings. The fourth-order valence-corrected chi connectivity index (χ4v) is 1.42. The highest BCUT2D eigenvalue weighted by atomic mass is 14.6. The van der Waals surface area contributed by atoms with Gasteiger partial charge in [-0.1, -0.05) is 33.8 Å². The van der Waals surface area contributed by atoms with Crippen LogP contribution in [0.25, 0.3) is 0 Å². The van der Waals surface area contributed by atoms with Crippen molar-refractivity contribution in [1.29, 1.82) is 0 Å². The summed E-state index contributed by atoms with van der Waals surface area (Å²) >= 11 is 0. The molecule has 0 aliphatic heterocycles. The maximum absolute atomic E-state index is 4.28. The van der Waals surface area contributed by atoms with Gasteiger partial charge in [-0.25, -0.2) is 0 Å². The first kappa shape index (κ1) is 11.2. The summed E-state index contributed by atoms with van der Waals surface area (Å²) in [6, 6.07) is 2.29. The molecule has 0 aliphatic rings. The van der Waals surface area contributed by atoms with E-state index in [1.54, 1.807) is 0 Å². The molecular formula is C13H21N. The molecular weight excluding hydrogens is 170 g/mol. The quantitative estimate of drug-likeness (QED) is 0.705. The first-order valence-corrected chi connectivity index (χ1v) is 5.53. The summed E-state index contributed by atoms with van der Waals surface area (Å²) in [6.07, 6.45) is 6.38. The number of hydrogen-bond donors (Lipinski definition) is 0. The summed E-state index contributed by atoms with van der Waals surface area (Å²) in [7, 11) is 0. The summed E-state index contributed by atoms with van der Waals surface area (Å²) in [5.74, 6) is 1.36. The van der Waals surface area contributed by atoms with Crippen molar-refractivity contribution in [2.24, 2.45) is 5.92 Å². The molecule has 0 unspecified atom stereocenters. The van der Waals surface area contributed by atoms with Crippen molar-refractivity contribution in [3.8, 4) is 0 Å². The maximum atomic E-state index is 4.28. The van der Waals surface area contributed by atoms with E-state index in [2.05, 4.69) is 38.7 Å². The molecule has 1 heterocycles. The van der Waals surface area contributed by atoms with E-state index >= 15 is 0 Å². The molecule has 1 rings (SSSR count). The molecule has 0 amide bonds. The third-order valence-corrected chi connectivity index (χ3v) is 2.49. The average molecular weight is 191 g/mol. The van der Waals surface area contributed by atoms with Crippen LogP contribution >= 0.6 is 0 Å². The van der Waals surface area contributed by atoms with Gasteiger partial charge in [-0.3, -0.25) is 4.98 Å². The van der Waals surface area contributed by atoms with Gasteiger partial charge < -0.3 is 0 Å². The van der Waals surface area contributed by atoms with Gasteiger partial charge in [0.25, 0.3) is 0 Å². The van der Waals surface area contributed by atoms with E-state index in [0.29, 0.717) is 5.92 Å². The predicted molar refractivity (Wildman–Crippen MR) is 61.5 cm³/mol. The van der Waals surface area contributed by atoms with Crippen molar-refractivity contribution in [2.75, 3.05) is 0 Å². The molecule has 0 saturated heterocycles. The van der Waals surface area contributed by atoms with E-state index in [1.165, 1.54) is 17.5 Å². The smallest absolute Gasteiger partial charge is 0.0302 e. The van der Waals surface area contributed by atoms with Crippen molar-refractivity contribution in [3.05, 3.63) is 29.6 Å². The minimum absolute atomic E-state index is 0.585. The van der Waals surface area contributed by atoms with Crippen LogP contribution < -0.4 is 0 Å². The van der Waals surface area contributed by atoms with Crippen LogP contribution in [0.1, 0.15) is 51.2 Å². The lowest BCUT2D eigenvalue weighted by molar-refractivity contribution is 0.585. The lowest BCUT2D eigenvalue weighted by Crippen LogP contribution is -1.96. The number of aromatic nitrogens is 1. The second-order valence-corrected chi connectivity index (χ2v) is 4.71. The van der Waals surface area contributed by atoms with Crippen molar-refractivity contribution in [1.82, 2.24) is 4.98 Å². The minimum atomic E-state index is 0.585. The van der Waals surface area contributed by atoms with Gasteiger partial charge in [0.15, 0.2) is 0 Å². The molecule has 0 radical (unpaired) electrons. The van der Waals surface area contributed by atoms with Gasteiger partial charge in [0.2, 0.25) is 0 Å². The molecule has 0 aliphatic carbocycles. The molecule has 1 nitrogen and oxygen atoms in total. The van der Waals surface area contributed by atoms with E-state index in [0.717, 1.165) is 12.3 Å². The number of rotatable bonds is 4. The Kier molecular flexibility index (Phi) is 4.12.